The van der Waals surface area contributed by atoms with E-state index in [1.165, 1.54) is 16.9 Å². The van der Waals surface area contributed by atoms with Gasteiger partial charge < -0.3 is 4.42 Å². The lowest BCUT2D eigenvalue weighted by Gasteiger charge is -2.08. The van der Waals surface area contributed by atoms with Gasteiger partial charge >= 0.3 is 6.18 Å². The molecule has 0 saturated carbocycles. The molecule has 2 aromatic carbocycles. The first kappa shape index (κ1) is 14.5. The first-order chi connectivity index (χ1) is 11.5. The van der Waals surface area contributed by atoms with Crippen LogP contribution in [-0.2, 0) is 6.18 Å². The number of benzene rings is 2. The Hall–Kier alpha value is -3.09. The summed E-state index contributed by atoms with van der Waals surface area (Å²) in [7, 11) is 0. The molecule has 0 amide bonds. The summed E-state index contributed by atoms with van der Waals surface area (Å²) in [4.78, 5) is 4.35. The molecule has 0 unspecified atom stereocenters. The Balaban J connectivity index is 1.72. The Morgan fingerprint density at radius 1 is 1.00 bits per heavy atom. The molecule has 2 heterocycles. The number of hydrogen-bond acceptors (Lipinski definition) is 3. The smallest absolute Gasteiger partial charge is 0.416 e. The van der Waals surface area contributed by atoms with E-state index in [-0.39, 0.29) is 0 Å². The van der Waals surface area contributed by atoms with Crippen LogP contribution in [-0.4, -0.2) is 14.8 Å². The van der Waals surface area contributed by atoms with Gasteiger partial charge in [-0.05, 0) is 30.3 Å². The van der Waals surface area contributed by atoms with Crippen LogP contribution in [0.5, 0.6) is 0 Å². The highest BCUT2D eigenvalue weighted by molar-refractivity contribution is 5.75. The zero-order valence-corrected chi connectivity index (χ0v) is 12.2. The molecule has 0 atom stereocenters. The van der Waals surface area contributed by atoms with E-state index in [0.29, 0.717) is 28.2 Å². The number of rotatable bonds is 2. The Bertz CT molecular complexity index is 984. The van der Waals surface area contributed by atoms with Gasteiger partial charge in [0.15, 0.2) is 5.58 Å². The van der Waals surface area contributed by atoms with Crippen molar-refractivity contribution < 1.29 is 17.6 Å². The molecule has 0 fully saturated rings. The first-order valence-corrected chi connectivity index (χ1v) is 7.09. The van der Waals surface area contributed by atoms with Crippen LogP contribution in [0.25, 0.3) is 28.2 Å². The first-order valence-electron chi connectivity index (χ1n) is 7.09. The highest BCUT2D eigenvalue weighted by Gasteiger charge is 2.30. The van der Waals surface area contributed by atoms with Crippen molar-refractivity contribution in [1.82, 2.24) is 14.8 Å². The van der Waals surface area contributed by atoms with Crippen molar-refractivity contribution in [3.63, 3.8) is 0 Å². The van der Waals surface area contributed by atoms with Gasteiger partial charge in [-0.3, -0.25) is 0 Å². The molecule has 0 aliphatic heterocycles. The van der Waals surface area contributed by atoms with Crippen LogP contribution in [0.4, 0.5) is 13.2 Å². The van der Waals surface area contributed by atoms with Crippen LogP contribution >= 0.6 is 0 Å². The van der Waals surface area contributed by atoms with E-state index in [2.05, 4.69) is 10.1 Å². The highest BCUT2D eigenvalue weighted by atomic mass is 19.4. The Morgan fingerprint density at radius 2 is 1.83 bits per heavy atom. The van der Waals surface area contributed by atoms with Gasteiger partial charge in [0.1, 0.15) is 5.52 Å². The molecular formula is C17H10F3N3O. The summed E-state index contributed by atoms with van der Waals surface area (Å²) in [5, 5.41) is 4.11. The number of aromatic nitrogens is 3. The van der Waals surface area contributed by atoms with Gasteiger partial charge in [-0.15, -0.1) is 0 Å². The summed E-state index contributed by atoms with van der Waals surface area (Å²) in [6.07, 6.45) is -1.31. The van der Waals surface area contributed by atoms with E-state index in [1.807, 2.05) is 18.2 Å². The maximum atomic E-state index is 12.8. The van der Waals surface area contributed by atoms with Crippen molar-refractivity contribution in [3.8, 4) is 17.1 Å². The number of fused-ring (bicyclic) bond motifs is 1. The van der Waals surface area contributed by atoms with Crippen molar-refractivity contribution in [3.05, 3.63) is 66.5 Å². The van der Waals surface area contributed by atoms with Crippen LogP contribution in [0, 0.1) is 0 Å². The average molecular weight is 329 g/mol. The maximum absolute atomic E-state index is 12.8. The molecule has 4 rings (SSSR count). The predicted octanol–water partition coefficient (Wildman–Crippen LogP) is 4.70. The Labute approximate surface area is 134 Å². The fourth-order valence-corrected chi connectivity index (χ4v) is 2.39. The summed E-state index contributed by atoms with van der Waals surface area (Å²) < 4.78 is 45.4. The third-order valence-electron chi connectivity index (χ3n) is 3.56. The number of para-hydroxylation sites is 2. The summed E-state index contributed by atoms with van der Waals surface area (Å²) in [6, 6.07) is 12.3. The normalized spacial score (nSPS) is 12.0. The van der Waals surface area contributed by atoms with E-state index in [0.717, 1.165) is 12.1 Å². The summed E-state index contributed by atoms with van der Waals surface area (Å²) in [5.41, 5.74) is 1.52. The molecule has 120 valence electrons. The topological polar surface area (TPSA) is 43.9 Å². The van der Waals surface area contributed by atoms with Crippen molar-refractivity contribution in [2.75, 3.05) is 0 Å². The molecule has 4 nitrogen and oxygen atoms in total. The van der Waals surface area contributed by atoms with Crippen LogP contribution in [0.2, 0.25) is 0 Å². The van der Waals surface area contributed by atoms with Crippen molar-refractivity contribution in [2.24, 2.45) is 0 Å². The molecule has 0 aliphatic rings. The predicted molar refractivity (Wildman–Crippen MR) is 81.6 cm³/mol. The number of hydrogen-bond donors (Lipinski definition) is 0. The second-order valence-corrected chi connectivity index (χ2v) is 5.21. The van der Waals surface area contributed by atoms with E-state index < -0.39 is 11.7 Å². The minimum Gasteiger partial charge on any atom is -0.436 e. The summed E-state index contributed by atoms with van der Waals surface area (Å²) in [6.45, 7) is 0. The quantitative estimate of drug-likeness (QED) is 0.535. The maximum Gasteiger partial charge on any atom is 0.416 e. The molecule has 0 spiro atoms. The molecule has 2 aromatic heterocycles. The van der Waals surface area contributed by atoms with Gasteiger partial charge in [-0.1, -0.05) is 18.2 Å². The van der Waals surface area contributed by atoms with Gasteiger partial charge in [0.05, 0.1) is 23.0 Å². The zero-order valence-electron chi connectivity index (χ0n) is 12.2. The standard InChI is InChI=1S/C17H10F3N3O/c18-17(19,20)12-4-3-5-13(8-12)23-10-11(9-21-23)16-22-14-6-1-2-7-15(14)24-16/h1-10H. The van der Waals surface area contributed by atoms with Crippen LogP contribution < -0.4 is 0 Å². The molecule has 0 radical (unpaired) electrons. The number of oxazole rings is 1. The molecule has 0 aliphatic carbocycles. The second kappa shape index (κ2) is 5.23. The lowest BCUT2D eigenvalue weighted by Crippen LogP contribution is -2.06. The zero-order chi connectivity index (χ0) is 16.7. The summed E-state index contributed by atoms with van der Waals surface area (Å²) in [5.74, 6) is 0.370. The Kier molecular flexibility index (Phi) is 3.16. The fourth-order valence-electron chi connectivity index (χ4n) is 2.39. The number of alkyl halides is 3. The van der Waals surface area contributed by atoms with Crippen LogP contribution in [0.3, 0.4) is 0 Å². The lowest BCUT2D eigenvalue weighted by atomic mass is 10.2. The molecule has 0 saturated heterocycles. The second-order valence-electron chi connectivity index (χ2n) is 5.21. The van der Waals surface area contributed by atoms with Gasteiger partial charge in [0.25, 0.3) is 0 Å². The van der Waals surface area contributed by atoms with E-state index in [1.54, 1.807) is 18.3 Å². The van der Waals surface area contributed by atoms with Gasteiger partial charge in [-0.25, -0.2) is 9.67 Å². The van der Waals surface area contributed by atoms with E-state index in [4.69, 9.17) is 4.42 Å². The molecule has 7 heteroatoms. The van der Waals surface area contributed by atoms with Gasteiger partial charge in [0.2, 0.25) is 5.89 Å². The third kappa shape index (κ3) is 2.54. The van der Waals surface area contributed by atoms with E-state index >= 15 is 0 Å². The van der Waals surface area contributed by atoms with E-state index in [9.17, 15) is 13.2 Å². The average Bonchev–Trinajstić information content (AvgIpc) is 3.21. The van der Waals surface area contributed by atoms with Gasteiger partial charge in [0, 0.05) is 6.20 Å². The minimum absolute atomic E-state index is 0.312. The Morgan fingerprint density at radius 3 is 2.62 bits per heavy atom. The number of nitrogens with zero attached hydrogens (tertiary/aromatic N) is 3. The van der Waals surface area contributed by atoms with Gasteiger partial charge in [-0.2, -0.15) is 18.3 Å². The lowest BCUT2D eigenvalue weighted by molar-refractivity contribution is -0.137. The largest absolute Gasteiger partial charge is 0.436 e. The van der Waals surface area contributed by atoms with Crippen molar-refractivity contribution in [1.29, 1.82) is 0 Å². The van der Waals surface area contributed by atoms with Crippen molar-refractivity contribution in [2.45, 2.75) is 6.18 Å². The van der Waals surface area contributed by atoms with Crippen LogP contribution in [0.15, 0.2) is 65.3 Å². The fraction of sp³-hybridized carbons (Fsp3) is 0.0588. The summed E-state index contributed by atoms with van der Waals surface area (Å²) >= 11 is 0. The highest BCUT2D eigenvalue weighted by Crippen LogP contribution is 2.30. The molecule has 4 aromatic rings. The monoisotopic (exact) mass is 329 g/mol. The van der Waals surface area contributed by atoms with Crippen LogP contribution in [0.1, 0.15) is 5.56 Å². The molecule has 0 bridgehead atoms. The minimum atomic E-state index is -4.40. The van der Waals surface area contributed by atoms with Crippen molar-refractivity contribution >= 4 is 11.1 Å². The molecular weight excluding hydrogens is 319 g/mol. The molecule has 24 heavy (non-hydrogen) atoms. The SMILES string of the molecule is FC(F)(F)c1cccc(-n2cc(-c3nc4ccccc4o3)cn2)c1. The third-order valence-corrected chi connectivity index (χ3v) is 3.56. The number of halogens is 3. The molecule has 0 N–H and O–H groups in total.